The highest BCUT2D eigenvalue weighted by Gasteiger charge is 2.23. The van der Waals surface area contributed by atoms with Gasteiger partial charge in [-0.25, -0.2) is 4.39 Å². The van der Waals surface area contributed by atoms with E-state index in [-0.39, 0.29) is 48.4 Å². The van der Waals surface area contributed by atoms with Crippen molar-refractivity contribution in [2.24, 2.45) is 0 Å². The molecule has 2 rings (SSSR count). The van der Waals surface area contributed by atoms with Gasteiger partial charge in [0, 0.05) is 23.1 Å². The number of Topliss-reactive ketones (excluding diaryl/α,β-unsaturated/α-hetero) is 1. The summed E-state index contributed by atoms with van der Waals surface area (Å²) >= 11 is 30.2. The van der Waals surface area contributed by atoms with Crippen LogP contribution in [0.2, 0.25) is 25.1 Å². The van der Waals surface area contributed by atoms with E-state index in [1.807, 2.05) is 0 Å². The third-order valence-electron chi connectivity index (χ3n) is 3.09. The van der Waals surface area contributed by atoms with Crippen LogP contribution in [0.5, 0.6) is 0 Å². The Morgan fingerprint density at radius 1 is 0.955 bits per heavy atom. The Morgan fingerprint density at radius 2 is 1.45 bits per heavy atom. The summed E-state index contributed by atoms with van der Waals surface area (Å²) in [5, 5.41) is -0.121. The lowest BCUT2D eigenvalue weighted by Crippen LogP contribution is -1.99. The van der Waals surface area contributed by atoms with Crippen LogP contribution < -0.4 is 0 Å². The largest absolute Gasteiger partial charge is 0.294 e. The smallest absolute Gasteiger partial charge is 0.162 e. The number of hydrogen-bond donors (Lipinski definition) is 0. The van der Waals surface area contributed by atoms with Gasteiger partial charge in [-0.2, -0.15) is 0 Å². The maximum Gasteiger partial charge on any atom is 0.162 e. The Kier molecular flexibility index (Phi) is 5.63. The minimum Gasteiger partial charge on any atom is -0.294 e. The van der Waals surface area contributed by atoms with Gasteiger partial charge < -0.3 is 0 Å². The molecule has 0 aliphatic heterocycles. The summed E-state index contributed by atoms with van der Waals surface area (Å²) < 4.78 is 14.2. The minimum atomic E-state index is -0.606. The van der Waals surface area contributed by atoms with Crippen LogP contribution in [0, 0.1) is 5.82 Å². The van der Waals surface area contributed by atoms with Crippen molar-refractivity contribution in [3.05, 3.63) is 54.7 Å². The number of halogens is 6. The van der Waals surface area contributed by atoms with Crippen LogP contribution in [-0.4, -0.2) is 5.78 Å². The molecule has 0 aromatic heterocycles. The molecule has 0 N–H and O–H groups in total. The number of hydrogen-bond acceptors (Lipinski definition) is 1. The van der Waals surface area contributed by atoms with Gasteiger partial charge in [-0.1, -0.05) is 64.9 Å². The molecule has 2 aromatic rings. The van der Waals surface area contributed by atoms with Gasteiger partial charge >= 0.3 is 0 Å². The van der Waals surface area contributed by atoms with E-state index in [1.54, 1.807) is 6.92 Å². The summed E-state index contributed by atoms with van der Waals surface area (Å²) in [6, 6.07) is 3.93. The lowest BCUT2D eigenvalue weighted by Gasteiger charge is -2.14. The third kappa shape index (κ3) is 3.08. The molecule has 0 spiro atoms. The zero-order valence-corrected chi connectivity index (χ0v) is 14.9. The van der Waals surface area contributed by atoms with E-state index in [4.69, 9.17) is 58.0 Å². The molecule has 0 saturated heterocycles. The Labute approximate surface area is 151 Å². The summed E-state index contributed by atoms with van der Waals surface area (Å²) in [7, 11) is 0. The first-order chi connectivity index (χ1) is 10.3. The zero-order valence-electron chi connectivity index (χ0n) is 11.1. The summed E-state index contributed by atoms with van der Waals surface area (Å²) in [5.74, 6) is -0.745. The fraction of sp³-hybridized carbons (Fsp3) is 0.133. The Balaban J connectivity index is 2.80. The number of ketones is 1. The maximum atomic E-state index is 14.2. The molecule has 116 valence electrons. The monoisotopic (exact) mass is 398 g/mol. The normalized spacial score (nSPS) is 10.9. The van der Waals surface area contributed by atoms with Gasteiger partial charge in [0.1, 0.15) is 5.82 Å². The molecule has 0 atom stereocenters. The summed E-state index contributed by atoms with van der Waals surface area (Å²) in [5.41, 5.74) is 0.481. The average molecular weight is 400 g/mol. The zero-order chi connectivity index (χ0) is 16.6. The van der Waals surface area contributed by atoms with Crippen LogP contribution in [-0.2, 0) is 0 Å². The van der Waals surface area contributed by atoms with Crippen molar-refractivity contribution in [3.63, 3.8) is 0 Å². The van der Waals surface area contributed by atoms with Crippen LogP contribution in [0.3, 0.4) is 0 Å². The summed E-state index contributed by atoms with van der Waals surface area (Å²) in [4.78, 5) is 11.8. The Hall–Kier alpha value is -0.510. The van der Waals surface area contributed by atoms with Crippen LogP contribution in [0.4, 0.5) is 4.39 Å². The quantitative estimate of drug-likeness (QED) is 0.299. The molecule has 0 fully saturated rings. The van der Waals surface area contributed by atoms with Gasteiger partial charge in [0.25, 0.3) is 0 Å². The molecule has 0 radical (unpaired) electrons. The molecule has 22 heavy (non-hydrogen) atoms. The van der Waals surface area contributed by atoms with Crippen molar-refractivity contribution in [1.82, 2.24) is 0 Å². The number of benzene rings is 2. The van der Waals surface area contributed by atoms with Crippen molar-refractivity contribution in [2.45, 2.75) is 13.3 Å². The molecule has 0 unspecified atom stereocenters. The molecule has 0 heterocycles. The highest BCUT2D eigenvalue weighted by molar-refractivity contribution is 6.56. The maximum absolute atomic E-state index is 14.2. The van der Waals surface area contributed by atoms with Crippen LogP contribution in [0.15, 0.2) is 18.2 Å². The van der Waals surface area contributed by atoms with Crippen molar-refractivity contribution in [1.29, 1.82) is 0 Å². The van der Waals surface area contributed by atoms with Gasteiger partial charge in [0.2, 0.25) is 0 Å². The molecule has 7 heteroatoms. The van der Waals surface area contributed by atoms with Gasteiger partial charge in [0.15, 0.2) is 5.78 Å². The Bertz CT molecular complexity index is 744. The van der Waals surface area contributed by atoms with Crippen molar-refractivity contribution < 1.29 is 9.18 Å². The van der Waals surface area contributed by atoms with Crippen LogP contribution in [0.1, 0.15) is 23.7 Å². The molecule has 2 aromatic carbocycles. The highest BCUT2D eigenvalue weighted by Crippen LogP contribution is 2.48. The van der Waals surface area contributed by atoms with Crippen molar-refractivity contribution >= 4 is 63.8 Å². The third-order valence-corrected chi connectivity index (χ3v) is 5.37. The SMILES string of the molecule is CCC(=O)c1ccc(F)c(-c2c(Cl)c(Cl)c(Cl)c(Cl)c2Cl)c1. The van der Waals surface area contributed by atoms with E-state index in [1.165, 1.54) is 18.2 Å². The minimum absolute atomic E-state index is 0.0109. The van der Waals surface area contributed by atoms with E-state index in [0.717, 1.165) is 0 Å². The van der Waals surface area contributed by atoms with Crippen molar-refractivity contribution in [3.8, 4) is 11.1 Å². The highest BCUT2D eigenvalue weighted by atomic mass is 35.5. The first kappa shape index (κ1) is 17.8. The van der Waals surface area contributed by atoms with E-state index < -0.39 is 5.82 Å². The average Bonchev–Trinajstić information content (AvgIpc) is 2.52. The molecule has 0 amide bonds. The fourth-order valence-corrected chi connectivity index (χ4v) is 3.28. The van der Waals surface area contributed by atoms with Gasteiger partial charge in [0.05, 0.1) is 25.1 Å². The summed E-state index contributed by atoms with van der Waals surface area (Å²) in [6.45, 7) is 1.71. The molecule has 0 bridgehead atoms. The molecule has 0 aliphatic rings. The summed E-state index contributed by atoms with van der Waals surface area (Å²) in [6.07, 6.45) is 0.286. The molecule has 1 nitrogen and oxygen atoms in total. The fourth-order valence-electron chi connectivity index (χ4n) is 1.94. The van der Waals surface area contributed by atoms with Crippen LogP contribution in [0.25, 0.3) is 11.1 Å². The molecule has 0 aliphatic carbocycles. The second kappa shape index (κ2) is 6.94. The van der Waals surface area contributed by atoms with Gasteiger partial charge in [-0.3, -0.25) is 4.79 Å². The second-order valence-electron chi connectivity index (χ2n) is 4.42. The first-order valence-electron chi connectivity index (χ1n) is 6.14. The lowest BCUT2D eigenvalue weighted by atomic mass is 9.99. The first-order valence-corrected chi connectivity index (χ1v) is 8.03. The van der Waals surface area contributed by atoms with Gasteiger partial charge in [-0.05, 0) is 18.2 Å². The number of carbonyl (C=O) groups excluding carboxylic acids is 1. The lowest BCUT2D eigenvalue weighted by molar-refractivity contribution is 0.0988. The predicted molar refractivity (Wildman–Crippen MR) is 91.5 cm³/mol. The molecular formula is C15H8Cl5FO. The van der Waals surface area contributed by atoms with Gasteiger partial charge in [-0.15, -0.1) is 0 Å². The van der Waals surface area contributed by atoms with E-state index in [9.17, 15) is 9.18 Å². The number of carbonyl (C=O) groups is 1. The second-order valence-corrected chi connectivity index (χ2v) is 6.31. The molecule has 0 saturated carbocycles. The molecular weight excluding hydrogens is 392 g/mol. The topological polar surface area (TPSA) is 17.1 Å². The van der Waals surface area contributed by atoms with E-state index >= 15 is 0 Å². The predicted octanol–water partition coefficient (Wildman–Crippen LogP) is 7.35. The standard InChI is InChI=1S/C15H8Cl5FO/c1-2-9(22)6-3-4-8(21)7(5-6)10-11(16)13(18)15(20)14(19)12(10)17/h3-5H,2H2,1H3. The van der Waals surface area contributed by atoms with E-state index in [0.29, 0.717) is 5.56 Å². The van der Waals surface area contributed by atoms with Crippen LogP contribution >= 0.6 is 58.0 Å². The van der Waals surface area contributed by atoms with Crippen molar-refractivity contribution in [2.75, 3.05) is 0 Å². The van der Waals surface area contributed by atoms with E-state index in [2.05, 4.69) is 0 Å². The number of rotatable bonds is 3. The Morgan fingerprint density at radius 3 is 1.95 bits per heavy atom.